The molecule has 10 rings (SSSR count). The Morgan fingerprint density at radius 3 is 0.899 bits per heavy atom. The molecule has 4 aromatic carbocycles. The third kappa shape index (κ3) is 44.8. The lowest BCUT2D eigenvalue weighted by Gasteiger charge is -2.25. The number of ether oxygens (including phenoxy) is 8. The zero-order chi connectivity index (χ0) is 93.4. The molecule has 0 atom stereocenters. The summed E-state index contributed by atoms with van der Waals surface area (Å²) in [7, 11) is 2.69. The highest BCUT2D eigenvalue weighted by molar-refractivity contribution is 5.88. The Hall–Kier alpha value is -13.1. The number of carbonyl (C=O) groups excluding carboxylic acids is 8. The Kier molecular flexibility index (Phi) is 47.9. The average molecular weight is 1760 g/mol. The van der Waals surface area contributed by atoms with Gasteiger partial charge in [-0.2, -0.15) is 19.2 Å². The summed E-state index contributed by atoms with van der Waals surface area (Å²) in [6.45, 7) is 37.4. The molecule has 28 heteroatoms. The molecule has 6 heterocycles. The highest BCUT2D eigenvalue weighted by Crippen LogP contribution is 2.21. The molecule has 129 heavy (non-hydrogen) atoms. The quantitative estimate of drug-likeness (QED) is 0.0138. The number of nitrogens with zero attached hydrogens (tertiary/aromatic N) is 7. The number of aryl methyl sites for hydroxylation is 3. The van der Waals surface area contributed by atoms with Gasteiger partial charge < -0.3 is 64.5 Å². The number of nitrogens with one attached hydrogen (secondary N) is 5. The lowest BCUT2D eigenvalue weighted by molar-refractivity contribution is -0.193. The van der Waals surface area contributed by atoms with E-state index in [0.29, 0.717) is 101 Å². The smallest absolute Gasteiger partial charge is 0.407 e. The van der Waals surface area contributed by atoms with Crippen LogP contribution in [0, 0.1) is 61.2 Å². The maximum atomic E-state index is 13.1. The summed E-state index contributed by atoms with van der Waals surface area (Å²) in [4.78, 5) is 107. The molecular weight excluding hydrogens is 1640 g/mol. The van der Waals surface area contributed by atoms with E-state index in [1.165, 1.54) is 14.2 Å². The Morgan fingerprint density at radius 2 is 0.628 bits per heavy atom. The molecule has 0 radical (unpaired) electrons. The maximum Gasteiger partial charge on any atom is 0.407 e. The summed E-state index contributed by atoms with van der Waals surface area (Å²) in [5.41, 5.74) is 11.2. The van der Waals surface area contributed by atoms with Crippen molar-refractivity contribution in [1.82, 2.24) is 61.2 Å². The van der Waals surface area contributed by atoms with E-state index in [0.717, 1.165) is 183 Å². The molecule has 0 saturated carbocycles. The fourth-order valence-corrected chi connectivity index (χ4v) is 12.3. The van der Waals surface area contributed by atoms with E-state index in [2.05, 4.69) is 120 Å². The second-order valence-electron chi connectivity index (χ2n) is 31.8. The molecule has 0 bridgehead atoms. The van der Waals surface area contributed by atoms with Gasteiger partial charge in [-0.3, -0.25) is 24.7 Å². The third-order valence-corrected chi connectivity index (χ3v) is 18.6. The zero-order valence-corrected chi connectivity index (χ0v) is 76.8. The fourth-order valence-electron chi connectivity index (χ4n) is 12.3. The molecule has 28 nitrogen and oxygen atoms in total. The van der Waals surface area contributed by atoms with Gasteiger partial charge in [0.15, 0.2) is 0 Å². The lowest BCUT2D eigenvalue weighted by Crippen LogP contribution is -2.36. The number of esters is 2. The number of benzene rings is 4. The van der Waals surface area contributed by atoms with Crippen LogP contribution in [0.15, 0.2) is 146 Å². The topological polar surface area (TPSA) is 332 Å². The predicted octanol–water partition coefficient (Wildman–Crippen LogP) is 12.9. The van der Waals surface area contributed by atoms with Crippen LogP contribution in [0.3, 0.4) is 0 Å². The first kappa shape index (κ1) is 105. The molecule has 5 N–H and O–H groups in total. The number of hydrogen-bond donors (Lipinski definition) is 5. The van der Waals surface area contributed by atoms with Crippen LogP contribution in [0.5, 0.6) is 23.0 Å². The van der Waals surface area contributed by atoms with E-state index >= 15 is 0 Å². The Morgan fingerprint density at radius 1 is 0.372 bits per heavy atom. The molecule has 2 fully saturated rings. The summed E-state index contributed by atoms with van der Waals surface area (Å²) in [5.74, 6) is 28.3. The van der Waals surface area contributed by atoms with E-state index in [1.54, 1.807) is 12.1 Å². The number of carbonyl (C=O) groups is 4. The van der Waals surface area contributed by atoms with Crippen LogP contribution >= 0.6 is 0 Å². The summed E-state index contributed by atoms with van der Waals surface area (Å²) in [5, 5.41) is 15.4. The number of methoxy groups -OCH3 is 2. The van der Waals surface area contributed by atoms with E-state index < -0.39 is 35.3 Å². The van der Waals surface area contributed by atoms with Crippen LogP contribution in [-0.2, 0) is 64.2 Å². The van der Waals surface area contributed by atoms with Crippen LogP contribution in [-0.4, -0.2) is 215 Å². The lowest BCUT2D eigenvalue weighted by atomic mass is 10.1. The number of aromatic nitrogens is 4. The summed E-state index contributed by atoms with van der Waals surface area (Å²) in [6.07, 6.45) is 5.81. The molecule has 2 aliphatic rings. The number of rotatable bonds is 27. The highest BCUT2D eigenvalue weighted by atomic mass is 16.6. The van der Waals surface area contributed by atoms with Gasteiger partial charge in [-0.1, -0.05) is 81.0 Å². The first-order valence-electron chi connectivity index (χ1n) is 43.5. The Balaban J connectivity index is 0.000000508. The van der Waals surface area contributed by atoms with Crippen LogP contribution in [0.25, 0.3) is 0 Å². The third-order valence-electron chi connectivity index (χ3n) is 18.6. The van der Waals surface area contributed by atoms with Gasteiger partial charge in [0.1, 0.15) is 45.6 Å². The molecule has 4 aromatic heterocycles. The number of amides is 2. The van der Waals surface area contributed by atoms with Gasteiger partial charge in [0, 0.05) is 174 Å². The molecular formula is C101H126N12O16. The molecule has 8 aromatic rings. The first-order valence-corrected chi connectivity index (χ1v) is 43.5. The van der Waals surface area contributed by atoms with Crippen molar-refractivity contribution in [3.05, 3.63) is 236 Å². The molecule has 0 aliphatic carbocycles. The summed E-state index contributed by atoms with van der Waals surface area (Å²) in [6, 6.07) is 46.2. The molecule has 2 amide bonds. The minimum absolute atomic E-state index is 0. The summed E-state index contributed by atoms with van der Waals surface area (Å²) >= 11 is 0. The number of pyridine rings is 4. The van der Waals surface area contributed by atoms with Crippen molar-refractivity contribution in [1.29, 1.82) is 0 Å². The SMILES string of the molecule is C1CNCCNCCN1.CCCCOc1ccc(C#Cc2cc(C)nc(CN3CCN(Cc4cc(C#Cc5ccc(OCCCC)cc5)cc(C)n4)CCN(Cc4cc(C#Cc5ccc(OCCCNC(=O)OC(C)(C)C)cc5)cc(C(=O)OC)n4)CC3)c2)cc1.CCc1cc(C#Cc2ccc(OCCCNC(=O)OC(C)(C)C)cc2)cc(C(=O)OC)n1.O=C=O.O=C=O.[HH]. The van der Waals surface area contributed by atoms with Gasteiger partial charge in [-0.05, 0) is 233 Å². The van der Waals surface area contributed by atoms with Crippen molar-refractivity contribution in [2.24, 2.45) is 0 Å². The van der Waals surface area contributed by atoms with E-state index in [9.17, 15) is 19.2 Å². The standard InChI is InChI=1S/C68H79N7O7.C25H30N2O5.C6H15N3.2CO2.H2/c1-9-11-39-79-62-26-20-53(21-27-62)14-17-56-42-51(3)70-59(44-56)48-73-33-34-74(49-60-45-57(43-52(4)71-60)18-15-54-22-28-63(29-23-54)80-40-12-10-2)36-38-75(37-35-73)50-61-46-58(47-65(72-61)66(76)78-8)19-16-55-24-30-64(31-25-55)81-41-13-32-69-67(77)82-68(5,6)7;1-6-20-16-19(17-22(27-20)23(28)30-5)9-8-18-10-12-21(13-11-18)31-15-7-14-26-24(29)32-25(2,3)4;1-2-8-5-6-9-4-3-7-1;2*2-1-3;/h20-31,42-47H,9-13,32-41,48-50H2,1-8H3,(H,69,77);10-13,16-17H,6-7,14-15H2,1-5H3,(H,26,29);7-9H,1-6H2;;;1H. The van der Waals surface area contributed by atoms with E-state index in [-0.39, 0.29) is 25.1 Å². The second kappa shape index (κ2) is 59.1. The number of hydrogen-bond acceptors (Lipinski definition) is 26. The number of alkyl carbamates (subject to hydrolysis) is 2. The molecule has 0 unspecified atom stereocenters. The van der Waals surface area contributed by atoms with Crippen LogP contribution < -0.4 is 45.5 Å². The van der Waals surface area contributed by atoms with Gasteiger partial charge in [-0.15, -0.1) is 0 Å². The van der Waals surface area contributed by atoms with Crippen LogP contribution in [0.2, 0.25) is 0 Å². The fraction of sp³-hybridized carbons (Fsp3) is 0.426. The van der Waals surface area contributed by atoms with Crippen molar-refractivity contribution >= 4 is 36.4 Å². The van der Waals surface area contributed by atoms with Crippen molar-refractivity contribution in [3.63, 3.8) is 0 Å². The predicted molar refractivity (Wildman–Crippen MR) is 494 cm³/mol. The molecule has 2 saturated heterocycles. The Bertz CT molecular complexity index is 4970. The first-order chi connectivity index (χ1) is 62.2. The molecule has 0 spiro atoms. The molecule has 686 valence electrons. The van der Waals surface area contributed by atoms with Crippen LogP contribution in [0.4, 0.5) is 9.59 Å². The Labute approximate surface area is 761 Å². The molecule has 2 aliphatic heterocycles. The van der Waals surface area contributed by atoms with Gasteiger partial charge in [0.25, 0.3) is 0 Å². The largest absolute Gasteiger partial charge is 0.494 e. The summed E-state index contributed by atoms with van der Waals surface area (Å²) < 4.78 is 43.7. The highest BCUT2D eigenvalue weighted by Gasteiger charge is 2.22. The van der Waals surface area contributed by atoms with Crippen LogP contribution in [0.1, 0.15) is 202 Å². The van der Waals surface area contributed by atoms with Crippen molar-refractivity contribution in [2.45, 2.75) is 152 Å². The second-order valence-corrected chi connectivity index (χ2v) is 31.8. The van der Waals surface area contributed by atoms with Crippen molar-refractivity contribution in [2.75, 3.05) is 132 Å². The monoisotopic (exact) mass is 1760 g/mol. The van der Waals surface area contributed by atoms with Crippen molar-refractivity contribution < 1.29 is 77.7 Å². The minimum Gasteiger partial charge on any atom is -0.494 e. The van der Waals surface area contributed by atoms with Gasteiger partial charge in [0.2, 0.25) is 0 Å². The van der Waals surface area contributed by atoms with Gasteiger partial charge in [-0.25, -0.2) is 29.1 Å². The van der Waals surface area contributed by atoms with Gasteiger partial charge in [0.05, 0.1) is 57.7 Å². The maximum absolute atomic E-state index is 13.1. The zero-order valence-electron chi connectivity index (χ0n) is 76.8. The van der Waals surface area contributed by atoms with E-state index in [4.69, 9.17) is 72.0 Å². The minimum atomic E-state index is -0.554. The van der Waals surface area contributed by atoms with E-state index in [1.807, 2.05) is 184 Å². The van der Waals surface area contributed by atoms with Crippen molar-refractivity contribution in [3.8, 4) is 70.4 Å². The number of unbranched alkanes of at least 4 members (excludes halogenated alkanes) is 2. The normalized spacial score (nSPS) is 12.7. The average Bonchev–Trinajstić information content (AvgIpc) is 0.896. The van der Waals surface area contributed by atoms with Gasteiger partial charge >= 0.3 is 36.4 Å².